The Morgan fingerprint density at radius 2 is 1.88 bits per heavy atom. The molecule has 1 N–H and O–H groups in total. The van der Waals surface area contributed by atoms with E-state index in [0.29, 0.717) is 6.42 Å². The zero-order valence-corrected chi connectivity index (χ0v) is 17.5. The van der Waals surface area contributed by atoms with Gasteiger partial charge in [-0.2, -0.15) is 8.42 Å². The Morgan fingerprint density at radius 3 is 2.25 bits per heavy atom. The molecule has 0 saturated carbocycles. The van der Waals surface area contributed by atoms with E-state index >= 15 is 0 Å². The Balaban J connectivity index is 0. The van der Waals surface area contributed by atoms with Gasteiger partial charge in [-0.05, 0) is 31.8 Å². The maximum Gasteiger partial charge on any atom is 1.00 e. The summed E-state index contributed by atoms with van der Waals surface area (Å²) in [6.45, 7) is 5.68. The molecule has 0 saturated heterocycles. The van der Waals surface area contributed by atoms with Gasteiger partial charge in [0.1, 0.15) is 6.10 Å². The van der Waals surface area contributed by atoms with Gasteiger partial charge in [-0.15, -0.1) is 0 Å². The van der Waals surface area contributed by atoms with Crippen LogP contribution in [0.15, 0.2) is 12.2 Å². The fourth-order valence-electron chi connectivity index (χ4n) is 2.22. The van der Waals surface area contributed by atoms with Crippen molar-refractivity contribution in [3.8, 4) is 0 Å². The fourth-order valence-corrected chi connectivity index (χ4v) is 2.87. The zero-order chi connectivity index (χ0) is 18.0. The second-order valence-corrected chi connectivity index (χ2v) is 6.92. The number of allylic oxidation sites excluding steroid dienone is 1. The first-order valence-corrected chi connectivity index (χ1v) is 9.17. The van der Waals surface area contributed by atoms with Crippen molar-refractivity contribution in [2.75, 3.05) is 0 Å². The molecule has 0 amide bonds. The molecule has 0 aromatic rings. The number of hydrogen-bond acceptors (Lipinski definition) is 6. The molecule has 0 aliphatic rings. The quantitative estimate of drug-likeness (QED) is 0.194. The van der Waals surface area contributed by atoms with Crippen LogP contribution in [0.4, 0.5) is 0 Å². The van der Waals surface area contributed by atoms with Gasteiger partial charge in [0.2, 0.25) is 0 Å². The third-order valence-electron chi connectivity index (χ3n) is 3.53. The molecule has 0 aromatic carbocycles. The number of carbonyl (C=O) groups excluding carboxylic acids is 2. The average Bonchev–Trinajstić information content (AvgIpc) is 2.44. The standard InChI is InChI=1S/C15H26O7S.Na/c1-4-7-9-11(6-3)12(8-5-2)22-15(18)13(10-14(16)17)23(19,20)21;/h5,8,11-13H,4,6-7,9-10H2,1-3H3,(H,16,17)(H,19,20,21);/q;+1/p-1. The van der Waals surface area contributed by atoms with E-state index in [4.69, 9.17) is 9.29 Å². The van der Waals surface area contributed by atoms with E-state index in [1.54, 1.807) is 19.1 Å². The fraction of sp³-hybridized carbons (Fsp3) is 0.733. The van der Waals surface area contributed by atoms with Crippen LogP contribution in [0.25, 0.3) is 0 Å². The van der Waals surface area contributed by atoms with E-state index in [9.17, 15) is 23.1 Å². The molecule has 3 unspecified atom stereocenters. The number of ether oxygens (including phenoxy) is 1. The maximum absolute atomic E-state index is 12.0. The van der Waals surface area contributed by atoms with Gasteiger partial charge < -0.3 is 14.6 Å². The monoisotopic (exact) mass is 372 g/mol. The van der Waals surface area contributed by atoms with Gasteiger partial charge in [-0.25, -0.2) is 0 Å². The SMILES string of the molecule is CC=CC(OC(=O)C(CC(=O)[O-])S(=O)(=O)O)C(CC)CCCC.[Na+]. The van der Waals surface area contributed by atoms with E-state index in [2.05, 4.69) is 0 Å². The van der Waals surface area contributed by atoms with Gasteiger partial charge in [-0.1, -0.05) is 32.8 Å². The molecule has 0 aliphatic heterocycles. The van der Waals surface area contributed by atoms with E-state index in [0.717, 1.165) is 19.3 Å². The molecule has 0 spiro atoms. The maximum atomic E-state index is 12.0. The number of carboxylic acids is 1. The van der Waals surface area contributed by atoms with Gasteiger partial charge in [0.05, 0.1) is 0 Å². The van der Waals surface area contributed by atoms with Crippen LogP contribution in [0, 0.1) is 5.92 Å². The molecular weight excluding hydrogens is 347 g/mol. The van der Waals surface area contributed by atoms with Crippen molar-refractivity contribution in [1.29, 1.82) is 0 Å². The van der Waals surface area contributed by atoms with Crippen LogP contribution in [0.5, 0.6) is 0 Å². The molecule has 7 nitrogen and oxygen atoms in total. The Bertz CT molecular complexity index is 516. The second kappa shape index (κ2) is 12.9. The van der Waals surface area contributed by atoms with Gasteiger partial charge in [0.25, 0.3) is 10.1 Å². The molecule has 0 heterocycles. The van der Waals surface area contributed by atoms with Crippen LogP contribution in [0.3, 0.4) is 0 Å². The molecular formula is C15H25NaO7S. The largest absolute Gasteiger partial charge is 1.00 e. The van der Waals surface area contributed by atoms with Crippen LogP contribution < -0.4 is 34.7 Å². The summed E-state index contributed by atoms with van der Waals surface area (Å²) in [5.41, 5.74) is 0. The Labute approximate surface area is 165 Å². The van der Waals surface area contributed by atoms with Crippen molar-refractivity contribution in [2.24, 2.45) is 5.92 Å². The Morgan fingerprint density at radius 1 is 1.29 bits per heavy atom. The predicted octanol–water partition coefficient (Wildman–Crippen LogP) is -1.91. The topological polar surface area (TPSA) is 121 Å². The molecule has 0 bridgehead atoms. The normalized spacial score (nSPS) is 15.3. The third-order valence-corrected chi connectivity index (χ3v) is 4.60. The third kappa shape index (κ3) is 9.78. The summed E-state index contributed by atoms with van der Waals surface area (Å²) in [4.78, 5) is 22.6. The van der Waals surface area contributed by atoms with Gasteiger partial charge >= 0.3 is 35.5 Å². The molecule has 134 valence electrons. The minimum Gasteiger partial charge on any atom is -0.550 e. The molecule has 0 aliphatic carbocycles. The molecule has 9 heteroatoms. The molecule has 0 rings (SSSR count). The van der Waals surface area contributed by atoms with E-state index in [1.165, 1.54) is 0 Å². The van der Waals surface area contributed by atoms with Gasteiger partial charge in [-0.3, -0.25) is 9.35 Å². The smallest absolute Gasteiger partial charge is 0.550 e. The number of hydrogen-bond donors (Lipinski definition) is 1. The predicted molar refractivity (Wildman–Crippen MR) is 83.0 cm³/mol. The summed E-state index contributed by atoms with van der Waals surface area (Å²) in [5.74, 6) is -3.06. The molecule has 0 radical (unpaired) electrons. The zero-order valence-electron chi connectivity index (χ0n) is 14.7. The Hall–Kier alpha value is -0.410. The first-order valence-electron chi connectivity index (χ1n) is 7.66. The second-order valence-electron chi connectivity index (χ2n) is 5.32. The summed E-state index contributed by atoms with van der Waals surface area (Å²) in [6, 6.07) is 0. The minimum absolute atomic E-state index is 0. The number of rotatable bonds is 11. The molecule has 0 aromatic heterocycles. The summed E-state index contributed by atoms with van der Waals surface area (Å²) < 4.78 is 36.6. The summed E-state index contributed by atoms with van der Waals surface area (Å²) >= 11 is 0. The number of aliphatic carboxylic acids is 1. The van der Waals surface area contributed by atoms with Gasteiger partial charge in [0.15, 0.2) is 5.25 Å². The van der Waals surface area contributed by atoms with Crippen molar-refractivity contribution in [3.63, 3.8) is 0 Å². The van der Waals surface area contributed by atoms with Crippen LogP contribution in [-0.2, 0) is 24.4 Å². The van der Waals surface area contributed by atoms with Crippen molar-refractivity contribution in [1.82, 2.24) is 0 Å². The van der Waals surface area contributed by atoms with Crippen molar-refractivity contribution >= 4 is 22.1 Å². The van der Waals surface area contributed by atoms with E-state index in [1.807, 2.05) is 13.8 Å². The van der Waals surface area contributed by atoms with Gasteiger partial charge in [0, 0.05) is 12.4 Å². The number of carboxylic acid groups (broad SMARTS) is 1. The van der Waals surface area contributed by atoms with E-state index < -0.39 is 39.8 Å². The summed E-state index contributed by atoms with van der Waals surface area (Å²) in [5, 5.41) is 8.42. The summed E-state index contributed by atoms with van der Waals surface area (Å²) in [6.07, 6.45) is 4.86. The summed E-state index contributed by atoms with van der Waals surface area (Å²) in [7, 11) is -4.89. The first kappa shape index (κ1) is 25.8. The van der Waals surface area contributed by atoms with Crippen LogP contribution in [-0.4, -0.2) is 36.3 Å². The van der Waals surface area contributed by atoms with E-state index in [-0.39, 0.29) is 35.5 Å². The number of unbranched alkanes of at least 4 members (excludes halogenated alkanes) is 1. The van der Waals surface area contributed by atoms with Crippen LogP contribution >= 0.6 is 0 Å². The molecule has 0 fully saturated rings. The molecule has 24 heavy (non-hydrogen) atoms. The van der Waals surface area contributed by atoms with Crippen molar-refractivity contribution in [2.45, 2.75) is 64.2 Å². The Kier molecular flexibility index (Phi) is 13.9. The average molecular weight is 372 g/mol. The van der Waals surface area contributed by atoms with Crippen molar-refractivity contribution < 1.29 is 62.0 Å². The van der Waals surface area contributed by atoms with Crippen LogP contribution in [0.1, 0.15) is 52.9 Å². The molecule has 3 atom stereocenters. The number of carbonyl (C=O) groups is 2. The first-order chi connectivity index (χ1) is 10.7. The van der Waals surface area contributed by atoms with Crippen molar-refractivity contribution in [3.05, 3.63) is 12.2 Å². The number of esters is 1. The minimum atomic E-state index is -4.89. The van der Waals surface area contributed by atoms with Crippen LogP contribution in [0.2, 0.25) is 0 Å².